The molecule has 0 saturated carbocycles. The van der Waals surface area contributed by atoms with Crippen molar-refractivity contribution in [2.75, 3.05) is 18.1 Å². The molecule has 8 nitrogen and oxygen atoms in total. The molecule has 9 heteroatoms. The third kappa shape index (κ3) is 3.69. The fourth-order valence-electron chi connectivity index (χ4n) is 3.59. The number of nitrogens with zero attached hydrogens (tertiary/aromatic N) is 3. The summed E-state index contributed by atoms with van der Waals surface area (Å²) in [5.41, 5.74) is 2.97. The van der Waals surface area contributed by atoms with E-state index in [2.05, 4.69) is 5.10 Å². The van der Waals surface area contributed by atoms with Crippen LogP contribution in [0.4, 0.5) is 0 Å². The fourth-order valence-corrected chi connectivity index (χ4v) is 5.29. The minimum Gasteiger partial charge on any atom is -0.454 e. The first kappa shape index (κ1) is 19.3. The summed E-state index contributed by atoms with van der Waals surface area (Å²) >= 11 is 0. The highest BCUT2D eigenvalue weighted by Crippen LogP contribution is 2.29. The van der Waals surface area contributed by atoms with Crippen molar-refractivity contribution in [2.24, 2.45) is 7.05 Å². The first-order valence-electron chi connectivity index (χ1n) is 8.68. The van der Waals surface area contributed by atoms with Crippen molar-refractivity contribution in [3.8, 4) is 0 Å². The van der Waals surface area contributed by atoms with Crippen LogP contribution in [0, 0.1) is 20.8 Å². The van der Waals surface area contributed by atoms with Crippen molar-refractivity contribution in [3.63, 3.8) is 0 Å². The summed E-state index contributed by atoms with van der Waals surface area (Å²) in [6.07, 6.45) is 1.95. The molecule has 0 radical (unpaired) electrons. The van der Waals surface area contributed by atoms with Crippen LogP contribution in [0.25, 0.3) is 0 Å². The molecule has 3 rings (SSSR count). The summed E-state index contributed by atoms with van der Waals surface area (Å²) in [6, 6.07) is 1.57. The molecule has 27 heavy (non-hydrogen) atoms. The van der Waals surface area contributed by atoms with E-state index in [0.29, 0.717) is 28.9 Å². The van der Waals surface area contributed by atoms with Gasteiger partial charge in [-0.3, -0.25) is 9.48 Å². The highest BCUT2D eigenvalue weighted by atomic mass is 32.2. The normalized spacial score (nSPS) is 18.6. The van der Waals surface area contributed by atoms with Gasteiger partial charge >= 0.3 is 5.97 Å². The van der Waals surface area contributed by atoms with Crippen molar-refractivity contribution in [2.45, 2.75) is 33.2 Å². The number of aryl methyl sites for hydroxylation is 2. The van der Waals surface area contributed by atoms with Crippen LogP contribution >= 0.6 is 0 Å². The van der Waals surface area contributed by atoms with Gasteiger partial charge in [-0.05, 0) is 33.3 Å². The van der Waals surface area contributed by atoms with E-state index in [1.807, 2.05) is 11.5 Å². The van der Waals surface area contributed by atoms with Crippen molar-refractivity contribution in [1.29, 1.82) is 0 Å². The molecule has 1 saturated heterocycles. The predicted octanol–water partition coefficient (Wildman–Crippen LogP) is 1.55. The summed E-state index contributed by atoms with van der Waals surface area (Å²) in [4.78, 5) is 24.7. The minimum absolute atomic E-state index is 0.0895. The van der Waals surface area contributed by atoms with Crippen LogP contribution in [-0.2, 0) is 21.6 Å². The molecule has 1 aliphatic rings. The zero-order chi connectivity index (χ0) is 19.9. The van der Waals surface area contributed by atoms with E-state index >= 15 is 0 Å². The van der Waals surface area contributed by atoms with Gasteiger partial charge in [0.1, 0.15) is 5.56 Å². The van der Waals surface area contributed by atoms with Gasteiger partial charge in [-0.1, -0.05) is 0 Å². The monoisotopic (exact) mass is 393 g/mol. The van der Waals surface area contributed by atoms with E-state index < -0.39 is 15.8 Å². The van der Waals surface area contributed by atoms with Crippen LogP contribution in [0.3, 0.4) is 0 Å². The molecule has 1 atom stereocenters. The Morgan fingerprint density at radius 3 is 2.48 bits per heavy atom. The van der Waals surface area contributed by atoms with Crippen molar-refractivity contribution < 1.29 is 22.7 Å². The van der Waals surface area contributed by atoms with Gasteiger partial charge in [0.15, 0.2) is 16.4 Å². The number of ketones is 1. The Bertz CT molecular complexity index is 1020. The molecular weight excluding hydrogens is 370 g/mol. The van der Waals surface area contributed by atoms with E-state index in [1.54, 1.807) is 31.6 Å². The Labute approximate surface area is 158 Å². The first-order chi connectivity index (χ1) is 12.6. The molecule has 2 aromatic heterocycles. The maximum atomic E-state index is 12.6. The average Bonchev–Trinajstić information content (AvgIpc) is 3.21. The molecule has 0 spiro atoms. The number of Topliss-reactive ketones (excluding diaryl/α,β-unsaturated/α-hetero) is 1. The summed E-state index contributed by atoms with van der Waals surface area (Å²) in [5, 5.41) is 3.99. The molecule has 0 amide bonds. The van der Waals surface area contributed by atoms with Crippen LogP contribution in [-0.4, -0.2) is 52.6 Å². The van der Waals surface area contributed by atoms with E-state index in [-0.39, 0.29) is 29.9 Å². The molecule has 2 aromatic rings. The summed E-state index contributed by atoms with van der Waals surface area (Å²) < 4.78 is 32.2. The number of hydrogen-bond donors (Lipinski definition) is 0. The summed E-state index contributed by atoms with van der Waals surface area (Å²) in [7, 11) is -1.31. The van der Waals surface area contributed by atoms with Crippen LogP contribution in [0.1, 0.15) is 50.3 Å². The van der Waals surface area contributed by atoms with Crippen LogP contribution in [0.2, 0.25) is 0 Å². The van der Waals surface area contributed by atoms with Gasteiger partial charge in [0.25, 0.3) is 0 Å². The number of carbonyl (C=O) groups is 2. The zero-order valence-corrected chi connectivity index (χ0v) is 16.7. The molecule has 0 aromatic carbocycles. The van der Waals surface area contributed by atoms with Crippen molar-refractivity contribution in [1.82, 2.24) is 14.3 Å². The Hall–Kier alpha value is -2.42. The van der Waals surface area contributed by atoms with E-state index in [1.165, 1.54) is 6.20 Å². The Kier molecular flexibility index (Phi) is 4.98. The molecule has 146 valence electrons. The highest BCUT2D eigenvalue weighted by Gasteiger charge is 2.31. The lowest BCUT2D eigenvalue weighted by atomic mass is 10.1. The van der Waals surface area contributed by atoms with Crippen LogP contribution in [0.15, 0.2) is 12.3 Å². The summed E-state index contributed by atoms with van der Waals surface area (Å²) in [6.45, 7) is 5.01. The van der Waals surface area contributed by atoms with Gasteiger partial charge in [0, 0.05) is 35.7 Å². The predicted molar refractivity (Wildman–Crippen MR) is 98.8 cm³/mol. The van der Waals surface area contributed by atoms with Gasteiger partial charge in [0.2, 0.25) is 5.78 Å². The molecule has 3 heterocycles. The quantitative estimate of drug-likeness (QED) is 0.564. The molecule has 1 aliphatic heterocycles. The second-order valence-corrected chi connectivity index (χ2v) is 9.21. The maximum Gasteiger partial charge on any atom is 0.342 e. The molecule has 0 bridgehead atoms. The third-order valence-electron chi connectivity index (χ3n) is 5.15. The van der Waals surface area contributed by atoms with Gasteiger partial charge in [-0.25, -0.2) is 13.2 Å². The lowest BCUT2D eigenvalue weighted by Gasteiger charge is -2.16. The number of aromatic nitrogens is 3. The topological polar surface area (TPSA) is 100 Å². The van der Waals surface area contributed by atoms with Crippen molar-refractivity contribution >= 4 is 21.6 Å². The number of sulfone groups is 1. The fraction of sp³-hybridized carbons (Fsp3) is 0.500. The Balaban J connectivity index is 1.73. The number of hydrogen-bond acceptors (Lipinski definition) is 6. The van der Waals surface area contributed by atoms with Gasteiger partial charge < -0.3 is 9.30 Å². The maximum absolute atomic E-state index is 12.6. The SMILES string of the molecule is Cc1c(C(=O)OCC(=O)c2cc(C)n(C3CCS(=O)(=O)C3)c2C)cnn1C. The minimum atomic E-state index is -3.03. The Morgan fingerprint density at radius 1 is 1.22 bits per heavy atom. The van der Waals surface area contributed by atoms with E-state index in [9.17, 15) is 18.0 Å². The molecule has 0 N–H and O–H groups in total. The largest absolute Gasteiger partial charge is 0.454 e. The Morgan fingerprint density at radius 2 is 1.93 bits per heavy atom. The van der Waals surface area contributed by atoms with Gasteiger partial charge in [0.05, 0.1) is 17.7 Å². The zero-order valence-electron chi connectivity index (χ0n) is 15.9. The molecular formula is C18H23N3O5S. The third-order valence-corrected chi connectivity index (χ3v) is 6.90. The van der Waals surface area contributed by atoms with E-state index in [0.717, 1.165) is 5.69 Å². The number of esters is 1. The number of ether oxygens (including phenoxy) is 1. The lowest BCUT2D eigenvalue weighted by Crippen LogP contribution is -2.17. The first-order valence-corrected chi connectivity index (χ1v) is 10.5. The van der Waals surface area contributed by atoms with Gasteiger partial charge in [-0.15, -0.1) is 0 Å². The highest BCUT2D eigenvalue weighted by molar-refractivity contribution is 7.91. The number of carbonyl (C=O) groups excluding carboxylic acids is 2. The number of rotatable bonds is 5. The molecule has 1 fully saturated rings. The second-order valence-electron chi connectivity index (χ2n) is 6.98. The standard InChI is InChI=1S/C18H23N3O5S/c1-11-7-15(13(3)21(11)14-5-6-27(24,25)10-14)17(22)9-26-18(23)16-8-19-20(4)12(16)2/h7-8,14H,5-6,9-10H2,1-4H3. The second kappa shape index (κ2) is 6.95. The molecule has 0 aliphatic carbocycles. The lowest BCUT2D eigenvalue weighted by molar-refractivity contribution is 0.0473. The molecule has 1 unspecified atom stereocenters. The smallest absolute Gasteiger partial charge is 0.342 e. The van der Waals surface area contributed by atoms with Crippen LogP contribution < -0.4 is 0 Å². The van der Waals surface area contributed by atoms with Crippen LogP contribution in [0.5, 0.6) is 0 Å². The average molecular weight is 393 g/mol. The van der Waals surface area contributed by atoms with E-state index in [4.69, 9.17) is 4.74 Å². The summed E-state index contributed by atoms with van der Waals surface area (Å²) in [5.74, 6) is -0.651. The van der Waals surface area contributed by atoms with Gasteiger partial charge in [-0.2, -0.15) is 5.10 Å². The van der Waals surface area contributed by atoms with Crippen molar-refractivity contribution in [3.05, 3.63) is 40.5 Å².